The number of anilines is 1. The van der Waals surface area contributed by atoms with Crippen molar-refractivity contribution in [3.05, 3.63) is 52.6 Å². The van der Waals surface area contributed by atoms with Crippen LogP contribution < -0.4 is 10.9 Å². The zero-order valence-electron chi connectivity index (χ0n) is 17.5. The number of aliphatic hydroxyl groups excluding tert-OH is 1. The van der Waals surface area contributed by atoms with Crippen LogP contribution in [0.5, 0.6) is 0 Å². The van der Waals surface area contributed by atoms with Crippen LogP contribution in [0.2, 0.25) is 0 Å². The van der Waals surface area contributed by atoms with E-state index in [-0.39, 0.29) is 42.0 Å². The maximum Gasteiger partial charge on any atom is 0.338 e. The summed E-state index contributed by atoms with van der Waals surface area (Å²) in [6.45, 7) is 3.07. The summed E-state index contributed by atoms with van der Waals surface area (Å²) in [5.41, 5.74) is 0.141. The number of amides is 1. The van der Waals surface area contributed by atoms with Crippen LogP contribution in [-0.2, 0) is 14.3 Å². The molecule has 0 aliphatic carbocycles. The summed E-state index contributed by atoms with van der Waals surface area (Å²) in [5, 5.41) is 12.3. The molecule has 4 rings (SSSR count). The van der Waals surface area contributed by atoms with Gasteiger partial charge in [-0.1, -0.05) is 32.0 Å². The van der Waals surface area contributed by atoms with Gasteiger partial charge in [0.2, 0.25) is 11.9 Å². The number of aliphatic hydroxyl groups is 1. The Morgan fingerprint density at radius 3 is 2.78 bits per heavy atom. The van der Waals surface area contributed by atoms with Gasteiger partial charge < -0.3 is 14.6 Å². The molecular formula is C21H23N5O6. The number of hydrogen-bond donors (Lipinski definition) is 3. The van der Waals surface area contributed by atoms with Gasteiger partial charge in [-0.25, -0.2) is 9.78 Å². The van der Waals surface area contributed by atoms with Crippen molar-refractivity contribution in [2.24, 2.45) is 5.92 Å². The third-order valence-electron chi connectivity index (χ3n) is 5.14. The molecule has 1 aliphatic heterocycles. The van der Waals surface area contributed by atoms with Crippen molar-refractivity contribution in [1.29, 1.82) is 0 Å². The zero-order valence-corrected chi connectivity index (χ0v) is 17.5. The lowest BCUT2D eigenvalue weighted by Crippen LogP contribution is -2.30. The van der Waals surface area contributed by atoms with Gasteiger partial charge in [0.05, 0.1) is 18.5 Å². The number of ether oxygens (including phenoxy) is 2. The van der Waals surface area contributed by atoms with Crippen LogP contribution in [0.1, 0.15) is 36.9 Å². The lowest BCUT2D eigenvalue weighted by Gasteiger charge is -2.16. The van der Waals surface area contributed by atoms with E-state index < -0.39 is 30.0 Å². The van der Waals surface area contributed by atoms with Crippen LogP contribution >= 0.6 is 0 Å². The Hall–Kier alpha value is -3.57. The highest BCUT2D eigenvalue weighted by Crippen LogP contribution is 2.32. The van der Waals surface area contributed by atoms with Crippen molar-refractivity contribution in [3.63, 3.8) is 0 Å². The Kier molecular flexibility index (Phi) is 6.01. The van der Waals surface area contributed by atoms with Crippen LogP contribution in [0.3, 0.4) is 0 Å². The minimum atomic E-state index is -0.757. The highest BCUT2D eigenvalue weighted by Gasteiger charge is 2.39. The number of esters is 1. The summed E-state index contributed by atoms with van der Waals surface area (Å²) in [7, 11) is 0. The van der Waals surface area contributed by atoms with Crippen molar-refractivity contribution >= 4 is 29.0 Å². The fraction of sp³-hybridized carbons (Fsp3) is 0.381. The van der Waals surface area contributed by atoms with Gasteiger partial charge in [0.15, 0.2) is 11.2 Å². The van der Waals surface area contributed by atoms with Crippen molar-refractivity contribution < 1.29 is 24.2 Å². The van der Waals surface area contributed by atoms with E-state index in [0.29, 0.717) is 5.56 Å². The number of benzene rings is 1. The Morgan fingerprint density at radius 2 is 2.09 bits per heavy atom. The molecule has 1 aliphatic rings. The molecule has 2 aromatic heterocycles. The zero-order chi connectivity index (χ0) is 22.8. The third-order valence-corrected chi connectivity index (χ3v) is 5.14. The minimum absolute atomic E-state index is 0.00768. The van der Waals surface area contributed by atoms with Gasteiger partial charge in [-0.05, 0) is 12.1 Å². The summed E-state index contributed by atoms with van der Waals surface area (Å²) in [5.74, 6) is -1.14. The summed E-state index contributed by atoms with van der Waals surface area (Å²) in [6, 6.07) is 8.51. The lowest BCUT2D eigenvalue weighted by atomic mass is 10.1. The summed E-state index contributed by atoms with van der Waals surface area (Å²) in [6.07, 6.45) is -0.544. The maximum absolute atomic E-state index is 12.4. The first-order valence-electron chi connectivity index (χ1n) is 10.2. The number of aromatic nitrogens is 4. The second-order valence-electron chi connectivity index (χ2n) is 7.74. The van der Waals surface area contributed by atoms with Crippen molar-refractivity contribution in [2.75, 3.05) is 11.9 Å². The van der Waals surface area contributed by atoms with E-state index in [1.165, 1.54) is 10.9 Å². The van der Waals surface area contributed by atoms with Crippen LogP contribution in [-0.4, -0.2) is 55.3 Å². The smallest absolute Gasteiger partial charge is 0.338 e. The van der Waals surface area contributed by atoms with E-state index in [1.54, 1.807) is 44.2 Å². The minimum Gasteiger partial charge on any atom is -0.456 e. The van der Waals surface area contributed by atoms with E-state index in [4.69, 9.17) is 9.47 Å². The molecule has 0 saturated carbocycles. The molecule has 3 aromatic rings. The number of rotatable bonds is 6. The first kappa shape index (κ1) is 21.7. The van der Waals surface area contributed by atoms with Gasteiger partial charge >= 0.3 is 5.97 Å². The second-order valence-corrected chi connectivity index (χ2v) is 7.74. The molecule has 3 heterocycles. The van der Waals surface area contributed by atoms with Crippen molar-refractivity contribution in [1.82, 2.24) is 19.5 Å². The fourth-order valence-corrected chi connectivity index (χ4v) is 3.40. The Labute approximate surface area is 182 Å². The van der Waals surface area contributed by atoms with E-state index in [9.17, 15) is 19.5 Å². The molecule has 3 atom stereocenters. The van der Waals surface area contributed by atoms with Gasteiger partial charge in [-0.3, -0.25) is 24.5 Å². The van der Waals surface area contributed by atoms with Crippen LogP contribution in [0.4, 0.5) is 5.95 Å². The standard InChI is InChI=1S/C21H23N5O6/c1-11(2)18(28)24-21-23-17-16(19(29)25-21)22-10-26(17)15-8-13(14(9-27)31-15)32-20(30)12-6-4-3-5-7-12/h3-7,10-11,13-15,27H,8-9H2,1-2H3,(H2,23,24,25,28,29)/t13-,14-,15+/m1/s1. The fourth-order valence-electron chi connectivity index (χ4n) is 3.40. The molecule has 0 bridgehead atoms. The number of imidazole rings is 1. The van der Waals surface area contributed by atoms with E-state index in [1.807, 2.05) is 0 Å². The average Bonchev–Trinajstić information content (AvgIpc) is 3.38. The highest BCUT2D eigenvalue weighted by molar-refractivity contribution is 5.91. The number of fused-ring (bicyclic) bond motifs is 1. The molecule has 1 amide bonds. The summed E-state index contributed by atoms with van der Waals surface area (Å²) < 4.78 is 13.0. The molecule has 0 radical (unpaired) electrons. The topological polar surface area (TPSA) is 148 Å². The molecule has 1 aromatic carbocycles. The second kappa shape index (κ2) is 8.89. The number of carbonyl (C=O) groups is 2. The first-order chi connectivity index (χ1) is 15.4. The molecule has 3 N–H and O–H groups in total. The maximum atomic E-state index is 12.4. The molecule has 168 valence electrons. The van der Waals surface area contributed by atoms with Gasteiger partial charge in [0.1, 0.15) is 18.4 Å². The average molecular weight is 441 g/mol. The number of nitrogens with one attached hydrogen (secondary N) is 2. The lowest BCUT2D eigenvalue weighted by molar-refractivity contribution is -0.118. The summed E-state index contributed by atoms with van der Waals surface area (Å²) in [4.78, 5) is 47.7. The van der Waals surface area contributed by atoms with Crippen LogP contribution in [0.15, 0.2) is 41.5 Å². The molecule has 32 heavy (non-hydrogen) atoms. The Morgan fingerprint density at radius 1 is 1.34 bits per heavy atom. The van der Waals surface area contributed by atoms with Crippen molar-refractivity contribution in [2.45, 2.75) is 38.7 Å². The largest absolute Gasteiger partial charge is 0.456 e. The van der Waals surface area contributed by atoms with Gasteiger partial charge in [0, 0.05) is 12.3 Å². The van der Waals surface area contributed by atoms with Gasteiger partial charge in [-0.15, -0.1) is 0 Å². The molecular weight excluding hydrogens is 418 g/mol. The molecule has 11 nitrogen and oxygen atoms in total. The van der Waals surface area contributed by atoms with Crippen molar-refractivity contribution in [3.8, 4) is 0 Å². The van der Waals surface area contributed by atoms with Crippen LogP contribution in [0, 0.1) is 5.92 Å². The SMILES string of the molecule is CC(C)C(=O)Nc1nc2c(ncn2[C@@H]2C[C@@H](OC(=O)c3ccccc3)[C@@H](CO)O2)c(=O)[nH]1. The third kappa shape index (κ3) is 4.25. The molecule has 0 unspecified atom stereocenters. The van der Waals surface area contributed by atoms with E-state index >= 15 is 0 Å². The molecule has 11 heteroatoms. The first-order valence-corrected chi connectivity index (χ1v) is 10.2. The number of aromatic amines is 1. The molecule has 1 fully saturated rings. The predicted octanol–water partition coefficient (Wildman–Crippen LogP) is 1.22. The summed E-state index contributed by atoms with van der Waals surface area (Å²) >= 11 is 0. The molecule has 1 saturated heterocycles. The normalized spacial score (nSPS) is 20.6. The van der Waals surface area contributed by atoms with Gasteiger partial charge in [0.25, 0.3) is 5.56 Å². The quantitative estimate of drug-likeness (QED) is 0.484. The number of hydrogen-bond acceptors (Lipinski definition) is 8. The predicted molar refractivity (Wildman–Crippen MR) is 113 cm³/mol. The Bertz CT molecular complexity index is 1190. The van der Waals surface area contributed by atoms with E-state index in [0.717, 1.165) is 0 Å². The number of nitrogens with zero attached hydrogens (tertiary/aromatic N) is 3. The Balaban J connectivity index is 1.58. The van der Waals surface area contributed by atoms with Crippen LogP contribution in [0.25, 0.3) is 11.2 Å². The highest BCUT2D eigenvalue weighted by atomic mass is 16.6. The monoisotopic (exact) mass is 441 g/mol. The number of H-pyrrole nitrogens is 1. The molecule has 0 spiro atoms. The van der Waals surface area contributed by atoms with Gasteiger partial charge in [-0.2, -0.15) is 4.98 Å². The number of carbonyl (C=O) groups excluding carboxylic acids is 2. The van der Waals surface area contributed by atoms with E-state index in [2.05, 4.69) is 20.3 Å².